The minimum atomic E-state index is -0.492. The van der Waals surface area contributed by atoms with Gasteiger partial charge in [0.05, 0.1) is 11.3 Å². The summed E-state index contributed by atoms with van der Waals surface area (Å²) in [5.74, 6) is -0.495. The summed E-state index contributed by atoms with van der Waals surface area (Å²) >= 11 is 1.34. The Bertz CT molecular complexity index is 559. The number of ether oxygens (including phenoxy) is 1. The minimum absolute atomic E-state index is 0.0459. The molecule has 7 heteroatoms. The van der Waals surface area contributed by atoms with Gasteiger partial charge >= 0.3 is 5.97 Å². The lowest BCUT2D eigenvalue weighted by molar-refractivity contribution is -0.148. The second-order valence-electron chi connectivity index (χ2n) is 6.08. The first kappa shape index (κ1) is 18.4. The number of rotatable bonds is 7. The van der Waals surface area contributed by atoms with E-state index in [1.54, 1.807) is 12.1 Å². The molecular weight excluding hydrogens is 328 g/mol. The average Bonchev–Trinajstić information content (AvgIpc) is 3.09. The molecule has 6 nitrogen and oxygen atoms in total. The molecule has 0 radical (unpaired) electrons. The van der Waals surface area contributed by atoms with E-state index >= 15 is 0 Å². The molecule has 1 aromatic rings. The number of amides is 2. The predicted octanol–water partition coefficient (Wildman–Crippen LogP) is 2.11. The Hall–Kier alpha value is -1.89. The van der Waals surface area contributed by atoms with Gasteiger partial charge in [-0.15, -0.1) is 11.3 Å². The highest BCUT2D eigenvalue weighted by atomic mass is 32.1. The smallest absolute Gasteiger partial charge is 0.308 e. The lowest BCUT2D eigenvalue weighted by atomic mass is 9.86. The van der Waals surface area contributed by atoms with E-state index in [9.17, 15) is 14.4 Å². The van der Waals surface area contributed by atoms with Crippen LogP contribution in [0.15, 0.2) is 17.5 Å². The zero-order chi connectivity index (χ0) is 17.4. The van der Waals surface area contributed by atoms with Crippen LogP contribution in [0.5, 0.6) is 0 Å². The van der Waals surface area contributed by atoms with Crippen LogP contribution < -0.4 is 10.6 Å². The third kappa shape index (κ3) is 5.96. The van der Waals surface area contributed by atoms with Crippen LogP contribution in [0.1, 0.15) is 48.7 Å². The van der Waals surface area contributed by atoms with Crippen LogP contribution in [0.4, 0.5) is 0 Å². The zero-order valence-corrected chi connectivity index (χ0v) is 14.7. The summed E-state index contributed by atoms with van der Waals surface area (Å²) in [5.41, 5.74) is 0. The van der Waals surface area contributed by atoms with Gasteiger partial charge in [0.15, 0.2) is 6.61 Å². The van der Waals surface area contributed by atoms with Crippen LogP contribution in [0.25, 0.3) is 0 Å². The van der Waals surface area contributed by atoms with Crippen molar-refractivity contribution in [1.82, 2.24) is 10.6 Å². The lowest BCUT2D eigenvalue weighted by Gasteiger charge is -2.29. The van der Waals surface area contributed by atoms with E-state index in [2.05, 4.69) is 17.6 Å². The summed E-state index contributed by atoms with van der Waals surface area (Å²) < 4.78 is 4.95. The van der Waals surface area contributed by atoms with Crippen molar-refractivity contribution >= 4 is 29.1 Å². The highest BCUT2D eigenvalue weighted by Crippen LogP contribution is 2.23. The lowest BCUT2D eigenvalue weighted by Crippen LogP contribution is -2.43. The molecule has 1 aromatic heterocycles. The monoisotopic (exact) mass is 352 g/mol. The highest BCUT2D eigenvalue weighted by molar-refractivity contribution is 7.12. The standard InChI is InChI=1S/C17H24N2O4S/c1-12-5-2-3-6-13(12)19-15(20)11-23-16(21)8-9-18-17(22)14-7-4-10-24-14/h4,7,10,12-13H,2-3,5-6,8-9,11H2,1H3,(H,18,22)(H,19,20). The van der Waals surface area contributed by atoms with Crippen molar-refractivity contribution in [3.63, 3.8) is 0 Å². The van der Waals surface area contributed by atoms with Crippen molar-refractivity contribution in [2.75, 3.05) is 13.2 Å². The van der Waals surface area contributed by atoms with Gasteiger partial charge in [0, 0.05) is 12.6 Å². The van der Waals surface area contributed by atoms with E-state index in [0.29, 0.717) is 10.8 Å². The molecule has 0 aliphatic heterocycles. The number of nitrogens with one attached hydrogen (secondary N) is 2. The van der Waals surface area contributed by atoms with Gasteiger partial charge in [-0.05, 0) is 30.2 Å². The van der Waals surface area contributed by atoms with Crippen molar-refractivity contribution in [3.05, 3.63) is 22.4 Å². The van der Waals surface area contributed by atoms with Crippen molar-refractivity contribution < 1.29 is 19.1 Å². The number of carbonyl (C=O) groups is 3. The maximum atomic E-state index is 11.8. The number of carbonyl (C=O) groups excluding carboxylic acids is 3. The Morgan fingerprint density at radius 1 is 1.29 bits per heavy atom. The van der Waals surface area contributed by atoms with Gasteiger partial charge in [0.1, 0.15) is 0 Å². The molecule has 0 saturated heterocycles. The third-order valence-corrected chi connectivity index (χ3v) is 5.05. The first-order valence-electron chi connectivity index (χ1n) is 8.33. The molecule has 24 heavy (non-hydrogen) atoms. The normalized spacial score (nSPS) is 20.2. The van der Waals surface area contributed by atoms with Gasteiger partial charge in [-0.1, -0.05) is 25.8 Å². The van der Waals surface area contributed by atoms with E-state index in [1.165, 1.54) is 17.8 Å². The number of thiophene rings is 1. The van der Waals surface area contributed by atoms with E-state index < -0.39 is 5.97 Å². The molecule has 0 spiro atoms. The second-order valence-corrected chi connectivity index (χ2v) is 7.03. The Morgan fingerprint density at radius 2 is 2.08 bits per heavy atom. The van der Waals surface area contributed by atoms with Crippen molar-refractivity contribution in [2.45, 2.75) is 45.1 Å². The fraction of sp³-hybridized carbons (Fsp3) is 0.588. The quantitative estimate of drug-likeness (QED) is 0.736. The van der Waals surface area contributed by atoms with E-state index in [-0.39, 0.29) is 37.4 Å². The van der Waals surface area contributed by atoms with Crippen LogP contribution in [0.3, 0.4) is 0 Å². The second kappa shape index (κ2) is 9.42. The van der Waals surface area contributed by atoms with Gasteiger partial charge in [-0.2, -0.15) is 0 Å². The predicted molar refractivity (Wildman–Crippen MR) is 91.8 cm³/mol. The molecule has 2 rings (SSSR count). The summed E-state index contributed by atoms with van der Waals surface area (Å²) in [6, 6.07) is 3.68. The first-order chi connectivity index (χ1) is 11.6. The van der Waals surface area contributed by atoms with Crippen molar-refractivity contribution in [2.24, 2.45) is 5.92 Å². The molecule has 2 N–H and O–H groups in total. The molecule has 1 aliphatic rings. The Morgan fingerprint density at radius 3 is 2.79 bits per heavy atom. The number of hydrogen-bond acceptors (Lipinski definition) is 5. The molecule has 132 valence electrons. The van der Waals surface area contributed by atoms with Crippen LogP contribution in [0, 0.1) is 5.92 Å². The number of esters is 1. The minimum Gasteiger partial charge on any atom is -0.456 e. The van der Waals surface area contributed by atoms with Gasteiger partial charge in [0.2, 0.25) is 0 Å². The Labute approximate surface area is 146 Å². The highest BCUT2D eigenvalue weighted by Gasteiger charge is 2.23. The number of hydrogen-bond donors (Lipinski definition) is 2. The molecule has 1 heterocycles. The third-order valence-electron chi connectivity index (χ3n) is 4.18. The van der Waals surface area contributed by atoms with Crippen molar-refractivity contribution in [1.29, 1.82) is 0 Å². The molecule has 1 aliphatic carbocycles. The summed E-state index contributed by atoms with van der Waals surface area (Å²) in [6.45, 7) is 2.06. The summed E-state index contributed by atoms with van der Waals surface area (Å²) in [5, 5.41) is 7.39. The van der Waals surface area contributed by atoms with Gasteiger partial charge < -0.3 is 15.4 Å². The summed E-state index contributed by atoms with van der Waals surface area (Å²) in [6.07, 6.45) is 4.48. The zero-order valence-electron chi connectivity index (χ0n) is 13.9. The molecule has 0 bridgehead atoms. The SMILES string of the molecule is CC1CCCCC1NC(=O)COC(=O)CCNC(=O)c1cccs1. The van der Waals surface area contributed by atoms with Crippen LogP contribution in [0.2, 0.25) is 0 Å². The van der Waals surface area contributed by atoms with Gasteiger partial charge in [-0.25, -0.2) is 0 Å². The molecular formula is C17H24N2O4S. The van der Waals surface area contributed by atoms with E-state index in [4.69, 9.17) is 4.74 Å². The van der Waals surface area contributed by atoms with Gasteiger partial charge in [-0.3, -0.25) is 14.4 Å². The largest absolute Gasteiger partial charge is 0.456 e. The van der Waals surface area contributed by atoms with Gasteiger partial charge in [0.25, 0.3) is 11.8 Å². The molecule has 1 fully saturated rings. The summed E-state index contributed by atoms with van der Waals surface area (Å²) in [4.78, 5) is 35.8. The maximum Gasteiger partial charge on any atom is 0.308 e. The fourth-order valence-electron chi connectivity index (χ4n) is 2.77. The molecule has 0 aromatic carbocycles. The van der Waals surface area contributed by atoms with Crippen molar-refractivity contribution in [3.8, 4) is 0 Å². The van der Waals surface area contributed by atoms with E-state index in [1.807, 2.05) is 5.38 Å². The average molecular weight is 352 g/mol. The Kier molecular flexibility index (Phi) is 7.24. The Balaban J connectivity index is 1.58. The summed E-state index contributed by atoms with van der Waals surface area (Å²) in [7, 11) is 0. The molecule has 1 saturated carbocycles. The van der Waals surface area contributed by atoms with Crippen LogP contribution in [-0.2, 0) is 14.3 Å². The fourth-order valence-corrected chi connectivity index (χ4v) is 3.41. The van der Waals surface area contributed by atoms with E-state index in [0.717, 1.165) is 19.3 Å². The molecule has 2 unspecified atom stereocenters. The maximum absolute atomic E-state index is 11.8. The molecule has 2 amide bonds. The molecule has 2 atom stereocenters. The van der Waals surface area contributed by atoms with Crippen LogP contribution >= 0.6 is 11.3 Å². The topological polar surface area (TPSA) is 84.5 Å². The first-order valence-corrected chi connectivity index (χ1v) is 9.21. The van der Waals surface area contributed by atoms with Crippen LogP contribution in [-0.4, -0.2) is 37.0 Å².